The monoisotopic (exact) mass is 243 g/mol. The molecule has 1 atom stereocenters. The number of carboxylic acid groups (broad SMARTS) is 1. The predicted molar refractivity (Wildman–Crippen MR) is 58.4 cm³/mol. The number of hydrogen-bond acceptors (Lipinski definition) is 4. The van der Waals surface area contributed by atoms with E-state index >= 15 is 0 Å². The molecular weight excluding hydrogens is 229 g/mol. The van der Waals surface area contributed by atoms with E-state index in [1.165, 1.54) is 13.2 Å². The lowest BCUT2D eigenvalue weighted by atomic mass is 10.0. The zero-order chi connectivity index (χ0) is 13.0. The molecule has 0 heterocycles. The molecule has 1 aromatic carbocycles. The minimum atomic E-state index is -1.01. The van der Waals surface area contributed by atoms with Crippen LogP contribution in [0.3, 0.4) is 0 Å². The van der Waals surface area contributed by atoms with Crippen LogP contribution in [0.25, 0.3) is 0 Å². The van der Waals surface area contributed by atoms with Crippen LogP contribution in [0.2, 0.25) is 0 Å². The third-order valence-corrected chi connectivity index (χ3v) is 2.36. The first-order valence-corrected chi connectivity index (χ1v) is 4.99. The van der Waals surface area contributed by atoms with Crippen molar-refractivity contribution >= 4 is 5.97 Å². The molecule has 1 unspecified atom stereocenters. The van der Waals surface area contributed by atoms with Gasteiger partial charge in [0.25, 0.3) is 0 Å². The van der Waals surface area contributed by atoms with Gasteiger partial charge in [0.05, 0.1) is 7.11 Å². The lowest BCUT2D eigenvalue weighted by Crippen LogP contribution is -2.14. The number of benzene rings is 1. The maximum atomic E-state index is 13.6. The van der Waals surface area contributed by atoms with Crippen molar-refractivity contribution in [3.63, 3.8) is 0 Å². The predicted octanol–water partition coefficient (Wildman–Crippen LogP) is 1.40. The van der Waals surface area contributed by atoms with Gasteiger partial charge >= 0.3 is 5.97 Å². The Labute approximate surface area is 97.6 Å². The summed E-state index contributed by atoms with van der Waals surface area (Å²) in [5.74, 6) is -2.15. The van der Waals surface area contributed by atoms with Crippen molar-refractivity contribution in [2.45, 2.75) is 18.9 Å². The lowest BCUT2D eigenvalue weighted by Gasteiger charge is -2.14. The number of ether oxygens (including phenoxy) is 1. The van der Waals surface area contributed by atoms with Gasteiger partial charge in [-0.1, -0.05) is 0 Å². The quantitative estimate of drug-likeness (QED) is 0.727. The zero-order valence-corrected chi connectivity index (χ0v) is 9.31. The molecule has 6 heteroatoms. The number of halogens is 1. The fourth-order valence-corrected chi connectivity index (χ4v) is 1.43. The zero-order valence-electron chi connectivity index (χ0n) is 9.31. The molecule has 0 aromatic heterocycles. The van der Waals surface area contributed by atoms with Gasteiger partial charge in [-0.2, -0.15) is 0 Å². The average Bonchev–Trinajstić information content (AvgIpc) is 2.29. The Bertz CT molecular complexity index is 422. The minimum Gasteiger partial charge on any atom is -0.505 e. The summed E-state index contributed by atoms with van der Waals surface area (Å²) in [5, 5.41) is 17.8. The first kappa shape index (κ1) is 13.2. The Morgan fingerprint density at radius 3 is 2.76 bits per heavy atom. The average molecular weight is 243 g/mol. The number of aromatic hydroxyl groups is 1. The van der Waals surface area contributed by atoms with Crippen molar-refractivity contribution in [2.75, 3.05) is 7.11 Å². The van der Waals surface area contributed by atoms with Crippen molar-refractivity contribution in [2.24, 2.45) is 5.73 Å². The van der Waals surface area contributed by atoms with Gasteiger partial charge in [0, 0.05) is 24.1 Å². The van der Waals surface area contributed by atoms with Crippen molar-refractivity contribution < 1.29 is 24.1 Å². The van der Waals surface area contributed by atoms with E-state index in [0.29, 0.717) is 0 Å². The number of carboxylic acids is 1. The van der Waals surface area contributed by atoms with Crippen LogP contribution >= 0.6 is 0 Å². The van der Waals surface area contributed by atoms with Crippen LogP contribution in [0.15, 0.2) is 12.1 Å². The SMILES string of the molecule is COc1cc(O)c(F)c(C(N)CCC(=O)O)c1. The molecule has 0 aliphatic rings. The van der Waals surface area contributed by atoms with Gasteiger partial charge in [0.1, 0.15) is 5.75 Å². The topological polar surface area (TPSA) is 92.8 Å². The van der Waals surface area contributed by atoms with Gasteiger partial charge in [-0.3, -0.25) is 4.79 Å². The Morgan fingerprint density at radius 2 is 2.24 bits per heavy atom. The molecule has 0 bridgehead atoms. The van der Waals surface area contributed by atoms with Crippen LogP contribution in [0, 0.1) is 5.82 Å². The molecule has 1 aromatic rings. The Kier molecular flexibility index (Phi) is 4.28. The summed E-state index contributed by atoms with van der Waals surface area (Å²) < 4.78 is 18.4. The van der Waals surface area contributed by atoms with Gasteiger partial charge in [-0.25, -0.2) is 4.39 Å². The normalized spacial score (nSPS) is 12.2. The van der Waals surface area contributed by atoms with Crippen molar-refractivity contribution in [3.8, 4) is 11.5 Å². The van der Waals surface area contributed by atoms with E-state index in [9.17, 15) is 14.3 Å². The molecule has 0 fully saturated rings. The van der Waals surface area contributed by atoms with Gasteiger partial charge in [0.15, 0.2) is 11.6 Å². The molecule has 0 saturated carbocycles. The van der Waals surface area contributed by atoms with Crippen LogP contribution in [-0.2, 0) is 4.79 Å². The number of carbonyl (C=O) groups is 1. The molecule has 0 amide bonds. The number of phenolic OH excluding ortho intramolecular Hbond substituents is 1. The van der Waals surface area contributed by atoms with Gasteiger partial charge in [0.2, 0.25) is 0 Å². The third kappa shape index (κ3) is 3.32. The van der Waals surface area contributed by atoms with E-state index in [2.05, 4.69) is 0 Å². The molecule has 17 heavy (non-hydrogen) atoms. The smallest absolute Gasteiger partial charge is 0.303 e. The van der Waals surface area contributed by atoms with Crippen LogP contribution in [0.1, 0.15) is 24.4 Å². The second-order valence-corrected chi connectivity index (χ2v) is 3.59. The van der Waals surface area contributed by atoms with Gasteiger partial charge in [-0.15, -0.1) is 0 Å². The Hall–Kier alpha value is -1.82. The van der Waals surface area contributed by atoms with Crippen LogP contribution in [0.4, 0.5) is 4.39 Å². The molecule has 0 spiro atoms. The third-order valence-electron chi connectivity index (χ3n) is 2.36. The van der Waals surface area contributed by atoms with Gasteiger partial charge < -0.3 is 20.7 Å². The number of aliphatic carboxylic acids is 1. The summed E-state index contributed by atoms with van der Waals surface area (Å²) in [6.07, 6.45) is -0.0859. The molecular formula is C11H14FNO4. The number of nitrogens with two attached hydrogens (primary N) is 1. The highest BCUT2D eigenvalue weighted by Gasteiger charge is 2.17. The molecule has 0 saturated heterocycles. The van der Waals surface area contributed by atoms with Crippen molar-refractivity contribution in [3.05, 3.63) is 23.5 Å². The fraction of sp³-hybridized carbons (Fsp3) is 0.364. The highest BCUT2D eigenvalue weighted by molar-refractivity contribution is 5.66. The molecule has 94 valence electrons. The van der Waals surface area contributed by atoms with E-state index < -0.39 is 23.6 Å². The largest absolute Gasteiger partial charge is 0.505 e. The minimum absolute atomic E-state index is 0.0445. The first-order chi connectivity index (χ1) is 7.95. The van der Waals surface area contributed by atoms with E-state index in [1.807, 2.05) is 0 Å². The summed E-state index contributed by atoms with van der Waals surface area (Å²) in [6, 6.07) is 1.68. The van der Waals surface area contributed by atoms with Crippen molar-refractivity contribution in [1.29, 1.82) is 0 Å². The van der Waals surface area contributed by atoms with E-state index in [-0.39, 0.29) is 24.2 Å². The molecule has 1 rings (SSSR count). The van der Waals surface area contributed by atoms with E-state index in [1.54, 1.807) is 0 Å². The molecule has 0 aliphatic carbocycles. The molecule has 4 N–H and O–H groups in total. The molecule has 5 nitrogen and oxygen atoms in total. The maximum Gasteiger partial charge on any atom is 0.303 e. The molecule has 0 aliphatic heterocycles. The highest BCUT2D eigenvalue weighted by Crippen LogP contribution is 2.30. The maximum absolute atomic E-state index is 13.6. The fourth-order valence-electron chi connectivity index (χ4n) is 1.43. The van der Waals surface area contributed by atoms with Crippen LogP contribution < -0.4 is 10.5 Å². The summed E-state index contributed by atoms with van der Waals surface area (Å²) in [4.78, 5) is 10.4. The van der Waals surface area contributed by atoms with Gasteiger partial charge in [-0.05, 0) is 12.5 Å². The highest BCUT2D eigenvalue weighted by atomic mass is 19.1. The summed E-state index contributed by atoms with van der Waals surface area (Å²) in [7, 11) is 1.37. The molecule has 0 radical (unpaired) electrons. The number of phenols is 1. The Morgan fingerprint density at radius 1 is 1.59 bits per heavy atom. The van der Waals surface area contributed by atoms with E-state index in [0.717, 1.165) is 6.07 Å². The second kappa shape index (κ2) is 5.49. The number of methoxy groups -OCH3 is 1. The number of rotatable bonds is 5. The summed E-state index contributed by atoms with van der Waals surface area (Å²) >= 11 is 0. The summed E-state index contributed by atoms with van der Waals surface area (Å²) in [6.45, 7) is 0. The summed E-state index contributed by atoms with van der Waals surface area (Å²) in [5.41, 5.74) is 5.71. The standard InChI is InChI=1S/C11H14FNO4/c1-17-6-4-7(11(12)9(14)5-6)8(13)2-3-10(15)16/h4-5,8,14H,2-3,13H2,1H3,(H,15,16). The number of hydrogen-bond donors (Lipinski definition) is 3. The van der Waals surface area contributed by atoms with Crippen LogP contribution in [0.5, 0.6) is 11.5 Å². The van der Waals surface area contributed by atoms with E-state index in [4.69, 9.17) is 15.6 Å². The lowest BCUT2D eigenvalue weighted by molar-refractivity contribution is -0.137. The van der Waals surface area contributed by atoms with Crippen LogP contribution in [-0.4, -0.2) is 23.3 Å². The second-order valence-electron chi connectivity index (χ2n) is 3.59. The first-order valence-electron chi connectivity index (χ1n) is 4.99. The van der Waals surface area contributed by atoms with Crippen molar-refractivity contribution in [1.82, 2.24) is 0 Å². The Balaban J connectivity index is 2.95.